The maximum Gasteiger partial charge on any atom is 0.114 e. The first kappa shape index (κ1) is 17.4. The van der Waals surface area contributed by atoms with Gasteiger partial charge < -0.3 is 4.57 Å². The fourth-order valence-corrected chi connectivity index (χ4v) is 3.64. The minimum atomic E-state index is 0.635. The highest BCUT2D eigenvalue weighted by atomic mass is 35.5. The van der Waals surface area contributed by atoms with Gasteiger partial charge in [0.2, 0.25) is 0 Å². The van der Waals surface area contributed by atoms with Gasteiger partial charge in [0.1, 0.15) is 5.82 Å². The number of rotatable bonds is 4. The highest BCUT2D eigenvalue weighted by molar-refractivity contribution is 6.35. The van der Waals surface area contributed by atoms with Crippen LogP contribution in [0.3, 0.4) is 0 Å². The minimum absolute atomic E-state index is 0.635. The maximum absolute atomic E-state index is 6.39. The van der Waals surface area contributed by atoms with Gasteiger partial charge in [-0.25, -0.2) is 4.98 Å². The van der Waals surface area contributed by atoms with Gasteiger partial charge in [0, 0.05) is 21.5 Å². The Morgan fingerprint density at radius 2 is 1.54 bits per heavy atom. The predicted octanol–water partition coefficient (Wildman–Crippen LogP) is 6.64. The molecule has 2 nitrogen and oxygen atoms in total. The zero-order chi connectivity index (χ0) is 18.1. The topological polar surface area (TPSA) is 17.8 Å². The number of para-hydroxylation sites is 2. The minimum Gasteiger partial charge on any atom is -0.323 e. The van der Waals surface area contributed by atoms with Crippen molar-refractivity contribution in [2.75, 3.05) is 0 Å². The summed E-state index contributed by atoms with van der Waals surface area (Å²) < 4.78 is 2.21. The van der Waals surface area contributed by atoms with E-state index in [1.54, 1.807) is 6.07 Å². The first-order valence-corrected chi connectivity index (χ1v) is 9.36. The summed E-state index contributed by atoms with van der Waals surface area (Å²) in [4.78, 5) is 4.83. The third kappa shape index (κ3) is 3.59. The molecule has 26 heavy (non-hydrogen) atoms. The van der Waals surface area contributed by atoms with Gasteiger partial charge in [0.05, 0.1) is 17.6 Å². The summed E-state index contributed by atoms with van der Waals surface area (Å²) >= 11 is 18.4. The summed E-state index contributed by atoms with van der Waals surface area (Å²) in [6.07, 6.45) is 0.719. The van der Waals surface area contributed by atoms with Gasteiger partial charge >= 0.3 is 0 Å². The van der Waals surface area contributed by atoms with Gasteiger partial charge in [-0.15, -0.1) is 0 Å². The van der Waals surface area contributed by atoms with E-state index in [9.17, 15) is 0 Å². The number of aromatic nitrogens is 2. The standard InChI is InChI=1S/C21H15Cl3N2/c22-16-8-5-14(6-9-16)11-21-25-19-3-1-2-4-20(19)26(21)13-15-7-10-17(23)12-18(15)24/h1-10,12H,11,13H2. The molecule has 0 saturated carbocycles. The molecule has 0 aliphatic carbocycles. The molecule has 4 aromatic rings. The lowest BCUT2D eigenvalue weighted by atomic mass is 10.1. The van der Waals surface area contributed by atoms with Gasteiger partial charge in [-0.2, -0.15) is 0 Å². The number of imidazole rings is 1. The molecule has 4 rings (SSSR count). The van der Waals surface area contributed by atoms with Crippen LogP contribution in [0.5, 0.6) is 0 Å². The van der Waals surface area contributed by atoms with Crippen molar-refractivity contribution in [1.29, 1.82) is 0 Å². The van der Waals surface area contributed by atoms with Crippen molar-refractivity contribution in [3.63, 3.8) is 0 Å². The zero-order valence-electron chi connectivity index (χ0n) is 13.8. The average molecular weight is 402 g/mol. The van der Waals surface area contributed by atoms with E-state index >= 15 is 0 Å². The average Bonchev–Trinajstić information content (AvgIpc) is 2.97. The molecule has 3 aromatic carbocycles. The van der Waals surface area contributed by atoms with Crippen LogP contribution >= 0.6 is 34.8 Å². The van der Waals surface area contributed by atoms with E-state index in [2.05, 4.69) is 10.6 Å². The molecule has 0 fully saturated rings. The van der Waals surface area contributed by atoms with Crippen LogP contribution < -0.4 is 0 Å². The Morgan fingerprint density at radius 1 is 0.808 bits per heavy atom. The molecule has 0 atom stereocenters. The Labute approximate surface area is 167 Å². The van der Waals surface area contributed by atoms with Crippen LogP contribution in [0.1, 0.15) is 17.0 Å². The first-order chi connectivity index (χ1) is 12.6. The van der Waals surface area contributed by atoms with Crippen LogP contribution in [0, 0.1) is 0 Å². The van der Waals surface area contributed by atoms with E-state index in [-0.39, 0.29) is 0 Å². The zero-order valence-corrected chi connectivity index (χ0v) is 16.1. The summed E-state index contributed by atoms with van der Waals surface area (Å²) in [5, 5.41) is 2.03. The Kier molecular flexibility index (Phi) is 4.90. The summed E-state index contributed by atoms with van der Waals surface area (Å²) in [7, 11) is 0. The molecule has 5 heteroatoms. The number of halogens is 3. The SMILES string of the molecule is Clc1ccc(Cc2nc3ccccc3n2Cc2ccc(Cl)cc2Cl)cc1. The van der Waals surface area contributed by atoms with Gasteiger partial charge in [-0.3, -0.25) is 0 Å². The monoisotopic (exact) mass is 400 g/mol. The number of fused-ring (bicyclic) bond motifs is 1. The fourth-order valence-electron chi connectivity index (χ4n) is 3.04. The van der Waals surface area contributed by atoms with Crippen LogP contribution in [0.4, 0.5) is 0 Å². The van der Waals surface area contributed by atoms with E-state index in [4.69, 9.17) is 39.8 Å². The van der Waals surface area contributed by atoms with Crippen molar-refractivity contribution in [3.8, 4) is 0 Å². The normalized spacial score (nSPS) is 11.2. The highest BCUT2D eigenvalue weighted by Crippen LogP contribution is 2.25. The maximum atomic E-state index is 6.39. The third-order valence-corrected chi connectivity index (χ3v) is 5.19. The van der Waals surface area contributed by atoms with E-state index in [0.717, 1.165) is 39.4 Å². The van der Waals surface area contributed by atoms with Crippen molar-refractivity contribution in [1.82, 2.24) is 9.55 Å². The number of nitrogens with zero attached hydrogens (tertiary/aromatic N) is 2. The van der Waals surface area contributed by atoms with Crippen molar-refractivity contribution >= 4 is 45.8 Å². The summed E-state index contributed by atoms with van der Waals surface area (Å²) in [5.74, 6) is 0.986. The molecule has 130 valence electrons. The molecule has 0 aliphatic heterocycles. The molecule has 0 amide bonds. The van der Waals surface area contributed by atoms with E-state index < -0.39 is 0 Å². The molecule has 0 aliphatic rings. The van der Waals surface area contributed by atoms with Gasteiger partial charge in [-0.1, -0.05) is 65.1 Å². The van der Waals surface area contributed by atoms with Crippen LogP contribution in [0.2, 0.25) is 15.1 Å². The van der Waals surface area contributed by atoms with E-state index in [0.29, 0.717) is 16.6 Å². The Balaban J connectivity index is 1.77. The molecular weight excluding hydrogens is 387 g/mol. The van der Waals surface area contributed by atoms with E-state index in [1.165, 1.54) is 0 Å². The second-order valence-corrected chi connectivity index (χ2v) is 7.42. The Morgan fingerprint density at radius 3 is 2.31 bits per heavy atom. The molecule has 1 heterocycles. The highest BCUT2D eigenvalue weighted by Gasteiger charge is 2.13. The van der Waals surface area contributed by atoms with Crippen LogP contribution in [-0.2, 0) is 13.0 Å². The van der Waals surface area contributed by atoms with Crippen molar-refractivity contribution in [3.05, 3.63) is 98.7 Å². The first-order valence-electron chi connectivity index (χ1n) is 8.23. The van der Waals surface area contributed by atoms with Crippen LogP contribution in [0.25, 0.3) is 11.0 Å². The summed E-state index contributed by atoms with van der Waals surface area (Å²) in [6.45, 7) is 0.638. The summed E-state index contributed by atoms with van der Waals surface area (Å²) in [6, 6.07) is 21.6. The summed E-state index contributed by atoms with van der Waals surface area (Å²) in [5.41, 5.74) is 4.23. The largest absolute Gasteiger partial charge is 0.323 e. The van der Waals surface area contributed by atoms with Crippen molar-refractivity contribution < 1.29 is 0 Å². The van der Waals surface area contributed by atoms with Gasteiger partial charge in [0.25, 0.3) is 0 Å². The fraction of sp³-hybridized carbons (Fsp3) is 0.0952. The Hall–Kier alpha value is -2.00. The molecule has 0 radical (unpaired) electrons. The number of hydrogen-bond acceptors (Lipinski definition) is 1. The smallest absolute Gasteiger partial charge is 0.114 e. The lowest BCUT2D eigenvalue weighted by Crippen LogP contribution is -2.06. The van der Waals surface area contributed by atoms with Crippen LogP contribution in [0.15, 0.2) is 66.7 Å². The molecule has 0 saturated heterocycles. The second-order valence-electron chi connectivity index (χ2n) is 6.14. The van der Waals surface area contributed by atoms with Gasteiger partial charge in [0.15, 0.2) is 0 Å². The lowest BCUT2D eigenvalue weighted by Gasteiger charge is -2.11. The van der Waals surface area contributed by atoms with E-state index in [1.807, 2.05) is 54.6 Å². The van der Waals surface area contributed by atoms with Crippen molar-refractivity contribution in [2.24, 2.45) is 0 Å². The second kappa shape index (κ2) is 7.32. The molecule has 0 N–H and O–H groups in total. The number of benzene rings is 3. The van der Waals surface area contributed by atoms with Crippen molar-refractivity contribution in [2.45, 2.75) is 13.0 Å². The Bertz CT molecular complexity index is 1070. The predicted molar refractivity (Wildman–Crippen MR) is 110 cm³/mol. The lowest BCUT2D eigenvalue weighted by molar-refractivity contribution is 0.762. The molecular formula is C21H15Cl3N2. The van der Waals surface area contributed by atoms with Gasteiger partial charge in [-0.05, 0) is 47.5 Å². The molecule has 0 bridgehead atoms. The molecule has 0 unspecified atom stereocenters. The quantitative estimate of drug-likeness (QED) is 0.375. The third-order valence-electron chi connectivity index (χ3n) is 4.35. The molecule has 0 spiro atoms. The van der Waals surface area contributed by atoms with Crippen LogP contribution in [-0.4, -0.2) is 9.55 Å². The number of hydrogen-bond donors (Lipinski definition) is 0. The molecule has 1 aromatic heterocycles.